The van der Waals surface area contributed by atoms with Crippen molar-refractivity contribution in [3.05, 3.63) is 54.4 Å². The van der Waals surface area contributed by atoms with Crippen LogP contribution in [-0.2, 0) is 25.7 Å². The molecule has 0 saturated heterocycles. The fourth-order valence-electron chi connectivity index (χ4n) is 1.78. The second-order valence-corrected chi connectivity index (χ2v) is 4.69. The van der Waals surface area contributed by atoms with E-state index >= 15 is 0 Å². The minimum atomic E-state index is -1.52. The monoisotopic (exact) mass is 316 g/mol. The van der Waals surface area contributed by atoms with E-state index in [-0.39, 0.29) is 12.4 Å². The third kappa shape index (κ3) is 4.99. The maximum atomic E-state index is 12.1. The second kappa shape index (κ2) is 7.79. The molecule has 7 heteroatoms. The fourth-order valence-corrected chi connectivity index (χ4v) is 1.78. The molecule has 2 N–H and O–H groups in total. The van der Waals surface area contributed by atoms with E-state index in [9.17, 15) is 14.4 Å². The predicted octanol–water partition coefficient (Wildman–Crippen LogP) is 1.17. The standard InChI is InChI=1S/C16H16N2O5/c1-11(19)18-14(16(21)23-13-7-8-17-9-13)15(20)22-10-12-5-3-2-4-6-12/h2-9,14,17H,10H2,1H3,(H,18,19). The molecule has 23 heavy (non-hydrogen) atoms. The topological polar surface area (TPSA) is 97.5 Å². The molecular weight excluding hydrogens is 300 g/mol. The Hall–Kier alpha value is -3.09. The molecule has 2 aromatic rings. The van der Waals surface area contributed by atoms with Crippen molar-refractivity contribution >= 4 is 17.8 Å². The number of benzene rings is 1. The molecular formula is C16H16N2O5. The van der Waals surface area contributed by atoms with E-state index in [1.54, 1.807) is 30.5 Å². The lowest BCUT2D eigenvalue weighted by Gasteiger charge is -2.15. The zero-order chi connectivity index (χ0) is 16.7. The van der Waals surface area contributed by atoms with E-state index in [2.05, 4.69) is 10.3 Å². The van der Waals surface area contributed by atoms with Crippen molar-refractivity contribution in [1.82, 2.24) is 10.3 Å². The number of rotatable bonds is 6. The number of H-pyrrole nitrogens is 1. The first-order chi connectivity index (χ1) is 11.1. The number of nitrogens with one attached hydrogen (secondary N) is 2. The Labute approximate surface area is 132 Å². The number of aromatic nitrogens is 1. The molecule has 0 aliphatic carbocycles. The van der Waals surface area contributed by atoms with Gasteiger partial charge < -0.3 is 19.8 Å². The Bertz CT molecular complexity index is 667. The molecule has 0 radical (unpaired) electrons. The van der Waals surface area contributed by atoms with Gasteiger partial charge in [0.25, 0.3) is 0 Å². The highest BCUT2D eigenvalue weighted by atomic mass is 16.6. The Kier molecular flexibility index (Phi) is 5.51. The van der Waals surface area contributed by atoms with E-state index in [0.717, 1.165) is 5.56 Å². The number of amides is 1. The molecule has 0 aliphatic heterocycles. The summed E-state index contributed by atoms with van der Waals surface area (Å²) >= 11 is 0. The van der Waals surface area contributed by atoms with Gasteiger partial charge in [-0.1, -0.05) is 30.3 Å². The van der Waals surface area contributed by atoms with Crippen molar-refractivity contribution in [1.29, 1.82) is 0 Å². The van der Waals surface area contributed by atoms with Gasteiger partial charge in [-0.3, -0.25) is 4.79 Å². The summed E-state index contributed by atoms with van der Waals surface area (Å²) in [6.07, 6.45) is 3.00. The van der Waals surface area contributed by atoms with Crippen LogP contribution in [-0.4, -0.2) is 28.9 Å². The van der Waals surface area contributed by atoms with Crippen LogP contribution in [0.5, 0.6) is 5.75 Å². The first kappa shape index (κ1) is 16.3. The van der Waals surface area contributed by atoms with Gasteiger partial charge in [0.1, 0.15) is 12.4 Å². The Morgan fingerprint density at radius 2 is 1.87 bits per heavy atom. The minimum absolute atomic E-state index is 0.00675. The van der Waals surface area contributed by atoms with Gasteiger partial charge >= 0.3 is 11.9 Å². The van der Waals surface area contributed by atoms with Gasteiger partial charge in [-0.2, -0.15) is 0 Å². The van der Waals surface area contributed by atoms with E-state index in [4.69, 9.17) is 9.47 Å². The predicted molar refractivity (Wildman–Crippen MR) is 80.3 cm³/mol. The minimum Gasteiger partial charge on any atom is -0.459 e. The Morgan fingerprint density at radius 1 is 1.13 bits per heavy atom. The summed E-state index contributed by atoms with van der Waals surface area (Å²) in [6.45, 7) is 1.19. The third-order valence-electron chi connectivity index (χ3n) is 2.83. The fraction of sp³-hybridized carbons (Fsp3) is 0.188. The number of hydrogen-bond acceptors (Lipinski definition) is 5. The number of ether oxygens (including phenoxy) is 2. The first-order valence-electron chi connectivity index (χ1n) is 6.88. The summed E-state index contributed by atoms with van der Waals surface area (Å²) < 4.78 is 10.1. The SMILES string of the molecule is CC(=O)NC(C(=O)OCc1ccccc1)C(=O)Oc1cc[nH]c1. The van der Waals surface area contributed by atoms with Crippen molar-refractivity contribution in [2.24, 2.45) is 0 Å². The molecule has 0 bridgehead atoms. The van der Waals surface area contributed by atoms with E-state index < -0.39 is 23.9 Å². The highest BCUT2D eigenvalue weighted by Gasteiger charge is 2.31. The molecule has 1 unspecified atom stereocenters. The Morgan fingerprint density at radius 3 is 2.48 bits per heavy atom. The van der Waals surface area contributed by atoms with Crippen molar-refractivity contribution in [2.45, 2.75) is 19.6 Å². The molecule has 1 aromatic heterocycles. The molecule has 1 aromatic carbocycles. The molecule has 1 heterocycles. The van der Waals surface area contributed by atoms with E-state index in [0.29, 0.717) is 0 Å². The summed E-state index contributed by atoms with van der Waals surface area (Å²) in [6, 6.07) is 8.98. The summed E-state index contributed by atoms with van der Waals surface area (Å²) in [5.74, 6) is -2.11. The van der Waals surface area contributed by atoms with E-state index in [1.807, 2.05) is 6.07 Å². The quantitative estimate of drug-likeness (QED) is 0.616. The number of esters is 2. The zero-order valence-electron chi connectivity index (χ0n) is 12.4. The molecule has 0 fully saturated rings. The third-order valence-corrected chi connectivity index (χ3v) is 2.83. The second-order valence-electron chi connectivity index (χ2n) is 4.69. The van der Waals surface area contributed by atoms with Gasteiger partial charge in [0.15, 0.2) is 0 Å². The average Bonchev–Trinajstić information content (AvgIpc) is 3.04. The lowest BCUT2D eigenvalue weighted by Crippen LogP contribution is -2.48. The van der Waals surface area contributed by atoms with Crippen LogP contribution in [0.25, 0.3) is 0 Å². The summed E-state index contributed by atoms with van der Waals surface area (Å²) in [5.41, 5.74) is 0.765. The Balaban J connectivity index is 2.00. The highest BCUT2D eigenvalue weighted by molar-refractivity contribution is 6.02. The van der Waals surface area contributed by atoms with Crippen LogP contribution in [0.4, 0.5) is 0 Å². The van der Waals surface area contributed by atoms with E-state index in [1.165, 1.54) is 19.2 Å². The molecule has 0 aliphatic rings. The van der Waals surface area contributed by atoms with Gasteiger partial charge in [0.2, 0.25) is 11.9 Å². The van der Waals surface area contributed by atoms with Crippen LogP contribution >= 0.6 is 0 Å². The van der Waals surface area contributed by atoms with Crippen molar-refractivity contribution < 1.29 is 23.9 Å². The van der Waals surface area contributed by atoms with Crippen LogP contribution in [0, 0.1) is 0 Å². The molecule has 1 amide bonds. The molecule has 2 rings (SSSR count). The smallest absolute Gasteiger partial charge is 0.345 e. The molecule has 7 nitrogen and oxygen atoms in total. The van der Waals surface area contributed by atoms with Gasteiger partial charge in [-0.25, -0.2) is 9.59 Å². The van der Waals surface area contributed by atoms with Crippen LogP contribution in [0.15, 0.2) is 48.8 Å². The van der Waals surface area contributed by atoms with Crippen LogP contribution < -0.4 is 10.1 Å². The van der Waals surface area contributed by atoms with Crippen molar-refractivity contribution in [3.8, 4) is 5.75 Å². The van der Waals surface area contributed by atoms with Crippen LogP contribution in [0.2, 0.25) is 0 Å². The molecule has 0 spiro atoms. The average molecular weight is 316 g/mol. The van der Waals surface area contributed by atoms with Gasteiger partial charge in [0, 0.05) is 19.3 Å². The van der Waals surface area contributed by atoms with Gasteiger partial charge in [-0.15, -0.1) is 0 Å². The van der Waals surface area contributed by atoms with Crippen LogP contribution in [0.1, 0.15) is 12.5 Å². The van der Waals surface area contributed by atoms with Crippen LogP contribution in [0.3, 0.4) is 0 Å². The largest absolute Gasteiger partial charge is 0.459 e. The maximum Gasteiger partial charge on any atom is 0.345 e. The number of carbonyl (C=O) groups is 3. The van der Waals surface area contributed by atoms with Gasteiger partial charge in [0.05, 0.1) is 0 Å². The highest BCUT2D eigenvalue weighted by Crippen LogP contribution is 2.09. The molecule has 1 atom stereocenters. The van der Waals surface area contributed by atoms with Gasteiger partial charge in [-0.05, 0) is 11.6 Å². The molecule has 120 valence electrons. The first-order valence-corrected chi connectivity index (χ1v) is 6.88. The summed E-state index contributed by atoms with van der Waals surface area (Å²) in [4.78, 5) is 38.0. The van der Waals surface area contributed by atoms with Crippen molar-refractivity contribution in [2.75, 3.05) is 0 Å². The van der Waals surface area contributed by atoms with Crippen molar-refractivity contribution in [3.63, 3.8) is 0 Å². The maximum absolute atomic E-state index is 12.1. The summed E-state index contributed by atoms with van der Waals surface area (Å²) in [5, 5.41) is 2.23. The molecule has 0 saturated carbocycles. The lowest BCUT2D eigenvalue weighted by atomic mass is 10.2. The summed E-state index contributed by atoms with van der Waals surface area (Å²) in [7, 11) is 0. The lowest BCUT2D eigenvalue weighted by molar-refractivity contribution is -0.156. The number of hydrogen-bond donors (Lipinski definition) is 2. The normalized spacial score (nSPS) is 11.3. The number of carbonyl (C=O) groups excluding carboxylic acids is 3. The zero-order valence-corrected chi connectivity index (χ0v) is 12.4. The number of aromatic amines is 1.